The van der Waals surface area contributed by atoms with Crippen LogP contribution in [0.5, 0.6) is 0 Å². The summed E-state index contributed by atoms with van der Waals surface area (Å²) >= 11 is 0. The number of nitrogens with zero attached hydrogens (tertiary/aromatic N) is 1. The molecule has 3 rings (SSSR count). The van der Waals surface area contributed by atoms with Gasteiger partial charge in [0, 0.05) is 44.3 Å². The van der Waals surface area contributed by atoms with E-state index in [1.165, 1.54) is 0 Å². The van der Waals surface area contributed by atoms with Gasteiger partial charge < -0.3 is 20.9 Å². The zero-order valence-electron chi connectivity index (χ0n) is 10.3. The summed E-state index contributed by atoms with van der Waals surface area (Å²) in [4.78, 5) is 7.01. The van der Waals surface area contributed by atoms with Crippen LogP contribution < -0.4 is 16.0 Å². The van der Waals surface area contributed by atoms with Gasteiger partial charge >= 0.3 is 0 Å². The molecule has 0 aliphatic carbocycles. The molecule has 0 bridgehead atoms. The van der Waals surface area contributed by atoms with Crippen molar-refractivity contribution in [2.45, 2.75) is 0 Å². The van der Waals surface area contributed by atoms with E-state index in [0.29, 0.717) is 0 Å². The third-order valence-electron chi connectivity index (χ3n) is 2.49. The van der Waals surface area contributed by atoms with Crippen LogP contribution in [0.25, 0.3) is 0 Å². The Balaban J connectivity index is 0.000000169. The lowest BCUT2D eigenvalue weighted by molar-refractivity contribution is 0.534. The average Bonchev–Trinajstić information content (AvgIpc) is 2.96. The van der Waals surface area contributed by atoms with E-state index in [2.05, 4.69) is 25.9 Å². The maximum atomic E-state index is 4.04. The number of para-hydroxylation sites is 1. The Morgan fingerprint density at radius 1 is 0.944 bits per heavy atom. The second kappa shape index (κ2) is 7.47. The normalized spacial score (nSPS) is 14.4. The number of benzene rings is 1. The third-order valence-corrected chi connectivity index (χ3v) is 2.49. The van der Waals surface area contributed by atoms with Crippen LogP contribution in [0.1, 0.15) is 0 Å². The number of hydrogen-bond acceptors (Lipinski definition) is 4. The van der Waals surface area contributed by atoms with Crippen LogP contribution in [0.4, 0.5) is 11.6 Å². The zero-order chi connectivity index (χ0) is 12.5. The predicted octanol–water partition coefficient (Wildman–Crippen LogP) is 1.33. The van der Waals surface area contributed by atoms with E-state index in [4.69, 9.17) is 0 Å². The van der Waals surface area contributed by atoms with Crippen molar-refractivity contribution in [1.29, 1.82) is 0 Å². The molecular weight excluding hydrogens is 226 g/mol. The fourth-order valence-corrected chi connectivity index (χ4v) is 1.60. The van der Waals surface area contributed by atoms with Crippen molar-refractivity contribution in [3.05, 3.63) is 42.7 Å². The van der Waals surface area contributed by atoms with Gasteiger partial charge in [-0.15, -0.1) is 0 Å². The lowest BCUT2D eigenvalue weighted by Gasteiger charge is -2.11. The second-order valence-corrected chi connectivity index (χ2v) is 3.93. The van der Waals surface area contributed by atoms with Crippen molar-refractivity contribution in [3.8, 4) is 0 Å². The molecule has 1 saturated heterocycles. The molecule has 1 aromatic carbocycles. The van der Waals surface area contributed by atoms with Crippen LogP contribution in [-0.2, 0) is 0 Å². The molecule has 1 aliphatic rings. The van der Waals surface area contributed by atoms with E-state index >= 15 is 0 Å². The highest BCUT2D eigenvalue weighted by molar-refractivity contribution is 5.52. The molecule has 2 heterocycles. The van der Waals surface area contributed by atoms with Crippen LogP contribution >= 0.6 is 0 Å². The zero-order valence-corrected chi connectivity index (χ0v) is 10.3. The average molecular weight is 245 g/mol. The van der Waals surface area contributed by atoms with Gasteiger partial charge in [-0.3, -0.25) is 0 Å². The maximum Gasteiger partial charge on any atom is 0.204 e. The number of H-pyrrole nitrogens is 1. The van der Waals surface area contributed by atoms with E-state index in [-0.39, 0.29) is 0 Å². The summed E-state index contributed by atoms with van der Waals surface area (Å²) in [5.74, 6) is 0.765. The van der Waals surface area contributed by atoms with Gasteiger partial charge in [0.05, 0.1) is 0 Å². The SMILES string of the molecule is C1CNCCN1.c1ccc(Nc2ncc[nH]2)cc1. The van der Waals surface area contributed by atoms with Crippen LogP contribution in [0.15, 0.2) is 42.7 Å². The van der Waals surface area contributed by atoms with Gasteiger partial charge in [-0.2, -0.15) is 0 Å². The van der Waals surface area contributed by atoms with Gasteiger partial charge in [0.25, 0.3) is 0 Å². The van der Waals surface area contributed by atoms with Crippen LogP contribution in [0, 0.1) is 0 Å². The number of aromatic nitrogens is 2. The molecule has 0 unspecified atom stereocenters. The predicted molar refractivity (Wildman–Crippen MR) is 74.1 cm³/mol. The molecule has 0 saturated carbocycles. The topological polar surface area (TPSA) is 64.8 Å². The summed E-state index contributed by atoms with van der Waals surface area (Å²) in [5.41, 5.74) is 1.03. The standard InChI is InChI=1S/C9H9N3.C4H10N2/c1-2-4-8(5-3-1)12-9-10-6-7-11-9;1-2-6-4-3-5-1/h1-7H,(H2,10,11,12);5-6H,1-4H2. The highest BCUT2D eigenvalue weighted by Gasteiger charge is 1.92. The highest BCUT2D eigenvalue weighted by Crippen LogP contribution is 2.10. The van der Waals surface area contributed by atoms with E-state index in [1.54, 1.807) is 12.4 Å². The fraction of sp³-hybridized carbons (Fsp3) is 0.308. The number of nitrogens with one attached hydrogen (secondary N) is 4. The maximum absolute atomic E-state index is 4.04. The van der Waals surface area contributed by atoms with Gasteiger partial charge in [0.15, 0.2) is 0 Å². The van der Waals surface area contributed by atoms with E-state index in [9.17, 15) is 0 Å². The molecule has 4 N–H and O–H groups in total. The van der Waals surface area contributed by atoms with Crippen molar-refractivity contribution in [3.63, 3.8) is 0 Å². The van der Waals surface area contributed by atoms with Crippen LogP contribution in [-0.4, -0.2) is 36.1 Å². The number of hydrogen-bond donors (Lipinski definition) is 4. The van der Waals surface area contributed by atoms with Crippen LogP contribution in [0.3, 0.4) is 0 Å². The third kappa shape index (κ3) is 4.57. The van der Waals surface area contributed by atoms with E-state index in [1.807, 2.05) is 30.3 Å². The van der Waals surface area contributed by atoms with Crippen molar-refractivity contribution in [1.82, 2.24) is 20.6 Å². The number of piperazine rings is 1. The molecule has 0 spiro atoms. The minimum atomic E-state index is 0.765. The summed E-state index contributed by atoms with van der Waals surface area (Å²) in [7, 11) is 0. The number of anilines is 2. The molecule has 1 aromatic heterocycles. The molecule has 1 fully saturated rings. The summed E-state index contributed by atoms with van der Waals surface area (Å²) in [5, 5.41) is 9.56. The summed E-state index contributed by atoms with van der Waals surface area (Å²) in [6.45, 7) is 4.56. The molecule has 18 heavy (non-hydrogen) atoms. The van der Waals surface area contributed by atoms with Crippen LogP contribution in [0.2, 0.25) is 0 Å². The van der Waals surface area contributed by atoms with Gasteiger partial charge in [0.1, 0.15) is 0 Å². The molecule has 0 radical (unpaired) electrons. The van der Waals surface area contributed by atoms with E-state index in [0.717, 1.165) is 37.8 Å². The smallest absolute Gasteiger partial charge is 0.204 e. The van der Waals surface area contributed by atoms with E-state index < -0.39 is 0 Å². The van der Waals surface area contributed by atoms with Crippen molar-refractivity contribution in [2.24, 2.45) is 0 Å². The lowest BCUT2D eigenvalue weighted by atomic mass is 10.3. The number of aromatic amines is 1. The van der Waals surface area contributed by atoms with Gasteiger partial charge in [0.2, 0.25) is 5.95 Å². The first-order valence-corrected chi connectivity index (χ1v) is 6.18. The molecular formula is C13H19N5. The molecule has 0 atom stereocenters. The molecule has 5 nitrogen and oxygen atoms in total. The first-order chi connectivity index (χ1) is 8.95. The minimum absolute atomic E-state index is 0.765. The quantitative estimate of drug-likeness (QED) is 0.644. The minimum Gasteiger partial charge on any atom is -0.331 e. The molecule has 96 valence electrons. The molecule has 1 aliphatic heterocycles. The largest absolute Gasteiger partial charge is 0.331 e. The Hall–Kier alpha value is -1.85. The van der Waals surface area contributed by atoms with Gasteiger partial charge in [-0.1, -0.05) is 18.2 Å². The number of imidazole rings is 1. The Morgan fingerprint density at radius 3 is 2.11 bits per heavy atom. The second-order valence-electron chi connectivity index (χ2n) is 3.93. The molecule has 2 aromatic rings. The Kier molecular flexibility index (Phi) is 5.23. The monoisotopic (exact) mass is 245 g/mol. The highest BCUT2D eigenvalue weighted by atomic mass is 15.1. The Morgan fingerprint density at radius 2 is 1.61 bits per heavy atom. The molecule has 5 heteroatoms. The molecule has 0 amide bonds. The van der Waals surface area contributed by atoms with Crippen molar-refractivity contribution >= 4 is 11.6 Å². The summed E-state index contributed by atoms with van der Waals surface area (Å²) in [6, 6.07) is 9.91. The fourth-order valence-electron chi connectivity index (χ4n) is 1.60. The first-order valence-electron chi connectivity index (χ1n) is 6.18. The summed E-state index contributed by atoms with van der Waals surface area (Å²) < 4.78 is 0. The van der Waals surface area contributed by atoms with Crippen molar-refractivity contribution < 1.29 is 0 Å². The Labute approximate surface area is 107 Å². The summed E-state index contributed by atoms with van der Waals surface area (Å²) in [6.07, 6.45) is 3.50. The van der Waals surface area contributed by atoms with Gasteiger partial charge in [-0.25, -0.2) is 4.98 Å². The van der Waals surface area contributed by atoms with Gasteiger partial charge in [-0.05, 0) is 12.1 Å². The first kappa shape index (κ1) is 12.6. The van der Waals surface area contributed by atoms with Crippen molar-refractivity contribution in [2.75, 3.05) is 31.5 Å². The Bertz CT molecular complexity index is 397. The lowest BCUT2D eigenvalue weighted by Crippen LogP contribution is -2.39. The number of rotatable bonds is 2.